The number of fused-ring (bicyclic) bond motifs is 1. The second-order valence-corrected chi connectivity index (χ2v) is 10.4. The number of halogens is 6. The number of hydrogen-bond donors (Lipinski definition) is 3. The molecule has 3 atom stereocenters. The maximum Gasteiger partial charge on any atom is 0.389 e. The van der Waals surface area contributed by atoms with Gasteiger partial charge in [-0.1, -0.05) is 54.1 Å². The van der Waals surface area contributed by atoms with Gasteiger partial charge in [-0.25, -0.2) is 13.8 Å². The number of benzene rings is 2. The smallest absolute Gasteiger partial charge is 0.369 e. The number of nitrogens with two attached hydrogens (primary N) is 1. The molecule has 2 aromatic carbocycles. The van der Waals surface area contributed by atoms with Crippen LogP contribution in [-0.4, -0.2) is 41.7 Å². The minimum Gasteiger partial charge on any atom is -0.369 e. The zero-order chi connectivity index (χ0) is 29.2. The van der Waals surface area contributed by atoms with Crippen LogP contribution in [0.25, 0.3) is 0 Å². The average molecular weight is 585 g/mol. The molecule has 7 nitrogen and oxygen atoms in total. The van der Waals surface area contributed by atoms with Gasteiger partial charge in [-0.2, -0.15) is 13.2 Å². The van der Waals surface area contributed by atoms with Gasteiger partial charge in [0.2, 0.25) is 23.9 Å². The normalized spacial score (nSPS) is 20.2. The van der Waals surface area contributed by atoms with E-state index in [9.17, 15) is 36.3 Å². The van der Waals surface area contributed by atoms with E-state index < -0.39 is 79.4 Å². The number of benzodiazepines with no additional fused rings is 1. The van der Waals surface area contributed by atoms with Crippen molar-refractivity contribution in [2.75, 3.05) is 5.32 Å². The van der Waals surface area contributed by atoms with Crippen molar-refractivity contribution in [1.29, 1.82) is 0 Å². The lowest BCUT2D eigenvalue weighted by Gasteiger charge is -2.38. The van der Waals surface area contributed by atoms with Gasteiger partial charge < -0.3 is 16.4 Å². The van der Waals surface area contributed by atoms with E-state index in [1.807, 2.05) is 0 Å². The summed E-state index contributed by atoms with van der Waals surface area (Å²) < 4.78 is 66.2. The number of carbonyl (C=O) groups is 3. The topological polar surface area (TPSA) is 114 Å². The number of primary amides is 1. The Balaban J connectivity index is 1.66. The standard InChI is InChI=1S/C27H26ClF5N4O3/c28-19-8-4-7-17-20(15-5-2-1-3-6-15)35-23(25(40)36-21(17)19)37-24(39)16(9-10-27(31,32)33)18(22(34)38)11-14-12-26(29,30)13-14/h1-8,14,16,18,23H,9-13H2,(H2,34,38)(H,36,40)(H,37,39)/t16-,18+,23-/m1/s1. The molecule has 40 heavy (non-hydrogen) atoms. The fourth-order valence-electron chi connectivity index (χ4n) is 5.09. The van der Waals surface area contributed by atoms with Gasteiger partial charge in [0.25, 0.3) is 5.91 Å². The fourth-order valence-corrected chi connectivity index (χ4v) is 5.31. The van der Waals surface area contributed by atoms with Crippen molar-refractivity contribution >= 4 is 40.7 Å². The molecule has 2 aromatic rings. The number of anilines is 1. The van der Waals surface area contributed by atoms with Crippen LogP contribution in [0.5, 0.6) is 0 Å². The summed E-state index contributed by atoms with van der Waals surface area (Å²) in [5.41, 5.74) is 6.97. The highest BCUT2D eigenvalue weighted by atomic mass is 35.5. The Bertz CT molecular complexity index is 1310. The molecular weight excluding hydrogens is 559 g/mol. The molecule has 4 rings (SSSR count). The molecule has 0 bridgehead atoms. The minimum absolute atomic E-state index is 0.190. The predicted octanol–water partition coefficient (Wildman–Crippen LogP) is 5.07. The number of carbonyl (C=O) groups excluding carboxylic acids is 3. The second kappa shape index (κ2) is 11.5. The van der Waals surface area contributed by atoms with Crippen LogP contribution in [0, 0.1) is 17.8 Å². The van der Waals surface area contributed by atoms with Gasteiger partial charge in [0.1, 0.15) is 0 Å². The van der Waals surface area contributed by atoms with Gasteiger partial charge in [-0.15, -0.1) is 0 Å². The first-order chi connectivity index (χ1) is 18.7. The summed E-state index contributed by atoms with van der Waals surface area (Å²) in [6, 6.07) is 13.5. The molecule has 2 aliphatic rings. The molecule has 13 heteroatoms. The van der Waals surface area contributed by atoms with Gasteiger partial charge in [0, 0.05) is 42.2 Å². The zero-order valence-corrected chi connectivity index (χ0v) is 21.7. The Morgan fingerprint density at radius 3 is 2.38 bits per heavy atom. The lowest BCUT2D eigenvalue weighted by Crippen LogP contribution is -2.49. The summed E-state index contributed by atoms with van der Waals surface area (Å²) >= 11 is 6.32. The van der Waals surface area contributed by atoms with Crippen molar-refractivity contribution in [3.8, 4) is 0 Å². The third-order valence-electron chi connectivity index (χ3n) is 7.04. The van der Waals surface area contributed by atoms with E-state index in [1.165, 1.54) is 6.07 Å². The van der Waals surface area contributed by atoms with E-state index in [1.54, 1.807) is 42.5 Å². The SMILES string of the molecule is NC(=O)[C@@H](CC1CC(F)(F)C1)[C@@H](CCC(F)(F)F)C(=O)N[C@H]1N=C(c2ccccc2)c2cccc(Cl)c2NC1=O. The van der Waals surface area contributed by atoms with E-state index in [2.05, 4.69) is 15.6 Å². The van der Waals surface area contributed by atoms with Crippen molar-refractivity contribution in [1.82, 2.24) is 5.32 Å². The molecule has 1 aliphatic heterocycles. The van der Waals surface area contributed by atoms with Crippen LogP contribution in [0.4, 0.5) is 27.6 Å². The predicted molar refractivity (Wildman–Crippen MR) is 138 cm³/mol. The molecule has 1 fully saturated rings. The van der Waals surface area contributed by atoms with Gasteiger partial charge in [0.15, 0.2) is 0 Å². The molecule has 0 unspecified atom stereocenters. The lowest BCUT2D eigenvalue weighted by molar-refractivity contribution is -0.149. The third-order valence-corrected chi connectivity index (χ3v) is 7.35. The van der Waals surface area contributed by atoms with E-state index in [4.69, 9.17) is 17.3 Å². The Morgan fingerprint density at radius 1 is 1.10 bits per heavy atom. The number of aliphatic imine (C=N–C) groups is 1. The molecule has 3 amide bonds. The first-order valence-electron chi connectivity index (χ1n) is 12.5. The van der Waals surface area contributed by atoms with Crippen molar-refractivity contribution in [2.45, 2.75) is 50.4 Å². The lowest BCUT2D eigenvalue weighted by atomic mass is 9.72. The Kier molecular flexibility index (Phi) is 8.48. The molecule has 0 saturated heterocycles. The fraction of sp³-hybridized carbons (Fsp3) is 0.407. The highest BCUT2D eigenvalue weighted by Gasteiger charge is 2.48. The second-order valence-electron chi connectivity index (χ2n) is 10.0. The number of alkyl halides is 5. The molecular formula is C27H26ClF5N4O3. The van der Waals surface area contributed by atoms with E-state index in [0.29, 0.717) is 11.1 Å². The van der Waals surface area contributed by atoms with E-state index in [-0.39, 0.29) is 22.8 Å². The quantitative estimate of drug-likeness (QED) is 0.358. The van der Waals surface area contributed by atoms with Gasteiger partial charge >= 0.3 is 6.18 Å². The van der Waals surface area contributed by atoms with Crippen LogP contribution in [0.2, 0.25) is 5.02 Å². The van der Waals surface area contributed by atoms with E-state index >= 15 is 0 Å². The largest absolute Gasteiger partial charge is 0.389 e. The number of amides is 3. The Hall–Kier alpha value is -3.54. The van der Waals surface area contributed by atoms with Crippen LogP contribution in [0.1, 0.15) is 43.2 Å². The summed E-state index contributed by atoms with van der Waals surface area (Å²) in [5, 5.41) is 5.14. The highest BCUT2D eigenvalue weighted by Crippen LogP contribution is 2.46. The van der Waals surface area contributed by atoms with Crippen molar-refractivity contribution in [3.05, 3.63) is 64.7 Å². The third kappa shape index (κ3) is 6.96. The molecule has 214 valence electrons. The highest BCUT2D eigenvalue weighted by molar-refractivity contribution is 6.36. The number of hydrogen-bond acceptors (Lipinski definition) is 4. The van der Waals surface area contributed by atoms with Crippen LogP contribution < -0.4 is 16.4 Å². The van der Waals surface area contributed by atoms with Crippen LogP contribution in [-0.2, 0) is 14.4 Å². The zero-order valence-electron chi connectivity index (χ0n) is 21.0. The molecule has 0 spiro atoms. The van der Waals surface area contributed by atoms with Crippen LogP contribution >= 0.6 is 11.6 Å². The summed E-state index contributed by atoms with van der Waals surface area (Å²) in [6.07, 6.45) is -9.93. The molecule has 1 saturated carbocycles. The maximum absolute atomic E-state index is 13.4. The summed E-state index contributed by atoms with van der Waals surface area (Å²) in [7, 11) is 0. The first kappa shape index (κ1) is 29.4. The average Bonchev–Trinajstić information content (AvgIpc) is 2.99. The maximum atomic E-state index is 13.4. The number of rotatable bonds is 9. The Morgan fingerprint density at radius 2 is 1.77 bits per heavy atom. The van der Waals surface area contributed by atoms with Crippen molar-refractivity contribution < 1.29 is 36.3 Å². The minimum atomic E-state index is -4.67. The molecule has 1 aliphatic carbocycles. The van der Waals surface area contributed by atoms with Gasteiger partial charge in [0.05, 0.1) is 16.4 Å². The summed E-state index contributed by atoms with van der Waals surface area (Å²) in [5.74, 6) is -9.70. The molecule has 0 aromatic heterocycles. The van der Waals surface area contributed by atoms with Gasteiger partial charge in [-0.05, 0) is 24.8 Å². The van der Waals surface area contributed by atoms with Crippen LogP contribution in [0.3, 0.4) is 0 Å². The summed E-state index contributed by atoms with van der Waals surface area (Å²) in [6.45, 7) is 0. The molecule has 4 N–H and O–H groups in total. The van der Waals surface area contributed by atoms with Gasteiger partial charge in [-0.3, -0.25) is 14.4 Å². The monoisotopic (exact) mass is 584 g/mol. The van der Waals surface area contributed by atoms with Crippen molar-refractivity contribution in [2.24, 2.45) is 28.5 Å². The van der Waals surface area contributed by atoms with Crippen molar-refractivity contribution in [3.63, 3.8) is 0 Å². The first-order valence-corrected chi connectivity index (χ1v) is 12.9. The van der Waals surface area contributed by atoms with E-state index in [0.717, 1.165) is 0 Å². The Labute approximate surface area is 231 Å². The van der Waals surface area contributed by atoms with Crippen LogP contribution in [0.15, 0.2) is 53.5 Å². The molecule has 1 heterocycles. The number of nitrogens with zero attached hydrogens (tertiary/aromatic N) is 1. The number of nitrogens with one attached hydrogen (secondary N) is 2. The molecule has 0 radical (unpaired) electrons. The summed E-state index contributed by atoms with van der Waals surface area (Å²) in [4.78, 5) is 43.3. The number of para-hydroxylation sites is 1.